The molecule has 0 N–H and O–H groups in total. The molecular formula is C33H29F3O2. The van der Waals surface area contributed by atoms with Crippen LogP contribution in [-0.4, -0.2) is 5.97 Å². The molecule has 38 heavy (non-hydrogen) atoms. The van der Waals surface area contributed by atoms with Gasteiger partial charge in [-0.15, -0.1) is 0 Å². The van der Waals surface area contributed by atoms with Crippen LogP contribution in [0.25, 0.3) is 11.1 Å². The largest absolute Gasteiger partial charge is 0.423 e. The third-order valence-electron chi connectivity index (χ3n) is 6.50. The number of carbonyl (C=O) groups is 1. The summed E-state index contributed by atoms with van der Waals surface area (Å²) in [4.78, 5) is 12.5. The number of esters is 1. The maximum Gasteiger partial charge on any atom is 0.349 e. The van der Waals surface area contributed by atoms with Crippen LogP contribution in [0.4, 0.5) is 13.2 Å². The molecule has 1 unspecified atom stereocenters. The lowest BCUT2D eigenvalue weighted by molar-refractivity contribution is 0.0724. The van der Waals surface area contributed by atoms with Gasteiger partial charge in [-0.25, -0.2) is 18.0 Å². The lowest BCUT2D eigenvalue weighted by Crippen LogP contribution is -2.13. The van der Waals surface area contributed by atoms with Gasteiger partial charge in [0, 0.05) is 6.07 Å². The van der Waals surface area contributed by atoms with Crippen LogP contribution in [0.15, 0.2) is 97.1 Å². The van der Waals surface area contributed by atoms with Crippen molar-refractivity contribution in [2.75, 3.05) is 0 Å². The summed E-state index contributed by atoms with van der Waals surface area (Å²) in [5.74, 6) is -3.66. The van der Waals surface area contributed by atoms with Gasteiger partial charge in [-0.05, 0) is 78.1 Å². The zero-order valence-electron chi connectivity index (χ0n) is 21.4. The van der Waals surface area contributed by atoms with Crippen molar-refractivity contribution in [2.45, 2.75) is 39.0 Å². The second-order valence-electron chi connectivity index (χ2n) is 9.28. The van der Waals surface area contributed by atoms with Gasteiger partial charge in [0.15, 0.2) is 0 Å². The first-order valence-electron chi connectivity index (χ1n) is 12.6. The molecule has 0 fully saturated rings. The molecule has 4 rings (SSSR count). The first-order chi connectivity index (χ1) is 18.4. The highest BCUT2D eigenvalue weighted by Crippen LogP contribution is 2.28. The van der Waals surface area contributed by atoms with Crippen molar-refractivity contribution in [2.24, 2.45) is 0 Å². The molecular weight excluding hydrogens is 485 g/mol. The topological polar surface area (TPSA) is 26.3 Å². The van der Waals surface area contributed by atoms with E-state index in [-0.39, 0.29) is 5.75 Å². The standard InChI is InChI=1S/C33H29F3O2/c1-3-4-6-11-26-16-17-28(21-29(26)34)38-33(37)32-30(35)19-27(20-31(32)36)25-14-12-23(13-15-25)18-22(2)24-9-7-5-8-10-24/h3-5,7-10,12-17,19-22H,6,11,18H2,1-2H3/b4-3+. The average molecular weight is 515 g/mol. The Morgan fingerprint density at radius 2 is 1.53 bits per heavy atom. The number of rotatable bonds is 9. The van der Waals surface area contributed by atoms with Crippen LogP contribution in [0.2, 0.25) is 0 Å². The summed E-state index contributed by atoms with van der Waals surface area (Å²) in [6, 6.07) is 23.8. The molecule has 2 nitrogen and oxygen atoms in total. The van der Waals surface area contributed by atoms with Crippen molar-refractivity contribution >= 4 is 5.97 Å². The third kappa shape index (κ3) is 6.60. The van der Waals surface area contributed by atoms with Crippen molar-refractivity contribution in [1.82, 2.24) is 0 Å². The summed E-state index contributed by atoms with van der Waals surface area (Å²) in [5.41, 5.74) is 2.91. The molecule has 1 atom stereocenters. The Labute approximate surface area is 221 Å². The monoisotopic (exact) mass is 514 g/mol. The molecule has 0 saturated heterocycles. The maximum absolute atomic E-state index is 14.9. The fraction of sp³-hybridized carbons (Fsp3) is 0.182. The molecule has 0 amide bonds. The Bertz CT molecular complexity index is 1400. The molecule has 4 aromatic rings. The third-order valence-corrected chi connectivity index (χ3v) is 6.50. The molecule has 194 valence electrons. The molecule has 0 aliphatic carbocycles. The van der Waals surface area contributed by atoms with Crippen LogP contribution in [0.3, 0.4) is 0 Å². The quantitative estimate of drug-likeness (QED) is 0.127. The summed E-state index contributed by atoms with van der Waals surface area (Å²) < 4.78 is 49.2. The molecule has 0 aromatic heterocycles. The number of hydrogen-bond donors (Lipinski definition) is 0. The van der Waals surface area contributed by atoms with Crippen LogP contribution in [0, 0.1) is 17.5 Å². The average Bonchev–Trinajstić information content (AvgIpc) is 2.90. The van der Waals surface area contributed by atoms with Crippen molar-refractivity contribution in [3.8, 4) is 16.9 Å². The van der Waals surface area contributed by atoms with E-state index in [1.165, 1.54) is 17.7 Å². The number of hydrogen-bond acceptors (Lipinski definition) is 2. The van der Waals surface area contributed by atoms with Gasteiger partial charge in [0.25, 0.3) is 0 Å². The van der Waals surface area contributed by atoms with Gasteiger partial charge in [-0.1, -0.05) is 79.7 Å². The van der Waals surface area contributed by atoms with E-state index in [4.69, 9.17) is 4.74 Å². The van der Waals surface area contributed by atoms with E-state index in [2.05, 4.69) is 19.1 Å². The van der Waals surface area contributed by atoms with Crippen molar-refractivity contribution in [3.63, 3.8) is 0 Å². The predicted molar refractivity (Wildman–Crippen MR) is 145 cm³/mol. The van der Waals surface area contributed by atoms with E-state index in [0.717, 1.165) is 30.2 Å². The molecule has 4 aromatic carbocycles. The molecule has 0 radical (unpaired) electrons. The predicted octanol–water partition coefficient (Wildman–Crippen LogP) is 8.85. The number of aryl methyl sites for hydroxylation is 1. The molecule has 0 saturated carbocycles. The van der Waals surface area contributed by atoms with Gasteiger partial charge >= 0.3 is 5.97 Å². The summed E-state index contributed by atoms with van der Waals surface area (Å²) in [6.45, 7) is 4.04. The molecule has 0 heterocycles. The highest BCUT2D eigenvalue weighted by molar-refractivity contribution is 5.92. The Morgan fingerprint density at radius 3 is 2.16 bits per heavy atom. The molecule has 0 spiro atoms. The van der Waals surface area contributed by atoms with E-state index in [0.29, 0.717) is 35.4 Å². The highest BCUT2D eigenvalue weighted by atomic mass is 19.1. The van der Waals surface area contributed by atoms with Crippen molar-refractivity contribution in [1.29, 1.82) is 0 Å². The van der Waals surface area contributed by atoms with Crippen molar-refractivity contribution in [3.05, 3.63) is 137 Å². The first-order valence-corrected chi connectivity index (χ1v) is 12.6. The minimum atomic E-state index is -1.22. The van der Waals surface area contributed by atoms with Crippen LogP contribution in [-0.2, 0) is 12.8 Å². The van der Waals surface area contributed by atoms with Gasteiger partial charge in [0.05, 0.1) is 0 Å². The molecule has 0 aliphatic rings. The zero-order chi connectivity index (χ0) is 27.1. The Kier molecular flexibility index (Phi) is 8.80. The minimum absolute atomic E-state index is 0.120. The summed E-state index contributed by atoms with van der Waals surface area (Å²) in [5, 5.41) is 0. The first kappa shape index (κ1) is 26.9. The van der Waals surface area contributed by atoms with Crippen LogP contribution in [0.1, 0.15) is 53.2 Å². The lowest BCUT2D eigenvalue weighted by atomic mass is 9.93. The Morgan fingerprint density at radius 1 is 0.842 bits per heavy atom. The Hall–Kier alpha value is -4.12. The van der Waals surface area contributed by atoms with Crippen LogP contribution < -0.4 is 4.74 Å². The smallest absolute Gasteiger partial charge is 0.349 e. The van der Waals surface area contributed by atoms with E-state index in [1.807, 2.05) is 49.4 Å². The van der Waals surface area contributed by atoms with Crippen LogP contribution >= 0.6 is 0 Å². The highest BCUT2D eigenvalue weighted by Gasteiger charge is 2.22. The van der Waals surface area contributed by atoms with Gasteiger partial charge in [0.2, 0.25) is 0 Å². The Balaban J connectivity index is 1.46. The molecule has 5 heteroatoms. The van der Waals surface area contributed by atoms with E-state index >= 15 is 0 Å². The second-order valence-corrected chi connectivity index (χ2v) is 9.28. The van der Waals surface area contributed by atoms with Gasteiger partial charge in [0.1, 0.15) is 28.8 Å². The minimum Gasteiger partial charge on any atom is -0.423 e. The number of carbonyl (C=O) groups excluding carboxylic acids is 1. The normalized spacial score (nSPS) is 12.0. The van der Waals surface area contributed by atoms with Crippen molar-refractivity contribution < 1.29 is 22.7 Å². The second kappa shape index (κ2) is 12.4. The fourth-order valence-electron chi connectivity index (χ4n) is 4.38. The van der Waals surface area contributed by atoms with E-state index in [1.54, 1.807) is 12.1 Å². The van der Waals surface area contributed by atoms with E-state index in [9.17, 15) is 18.0 Å². The summed E-state index contributed by atoms with van der Waals surface area (Å²) in [6.07, 6.45) is 5.79. The molecule has 0 bridgehead atoms. The summed E-state index contributed by atoms with van der Waals surface area (Å²) >= 11 is 0. The van der Waals surface area contributed by atoms with Gasteiger partial charge in [-0.2, -0.15) is 0 Å². The number of ether oxygens (including phenoxy) is 1. The molecule has 0 aliphatic heterocycles. The number of benzene rings is 4. The van der Waals surface area contributed by atoms with Crippen LogP contribution in [0.5, 0.6) is 5.75 Å². The van der Waals surface area contributed by atoms with Gasteiger partial charge < -0.3 is 4.74 Å². The number of halogens is 3. The maximum atomic E-state index is 14.9. The number of allylic oxidation sites excluding steroid dienone is 2. The van der Waals surface area contributed by atoms with E-state index < -0.39 is 29.0 Å². The zero-order valence-corrected chi connectivity index (χ0v) is 21.4. The summed E-state index contributed by atoms with van der Waals surface area (Å²) in [7, 11) is 0. The fourth-order valence-corrected chi connectivity index (χ4v) is 4.38. The van der Waals surface area contributed by atoms with Gasteiger partial charge in [-0.3, -0.25) is 0 Å². The lowest BCUT2D eigenvalue weighted by Gasteiger charge is -2.13. The SMILES string of the molecule is C/C=C/CCc1ccc(OC(=O)c2c(F)cc(-c3ccc(CC(C)c4ccccc4)cc3)cc2F)cc1F.